The highest BCUT2D eigenvalue weighted by Gasteiger charge is 2.62. The molecule has 3 rings (SSSR count). The first-order valence-corrected chi connectivity index (χ1v) is 10.9. The van der Waals surface area contributed by atoms with E-state index in [2.05, 4.69) is 26.8 Å². The first-order chi connectivity index (χ1) is 13.5. The van der Waals surface area contributed by atoms with Gasteiger partial charge in [-0.3, -0.25) is 9.59 Å². The van der Waals surface area contributed by atoms with Crippen LogP contribution in [0.3, 0.4) is 0 Å². The molecular weight excluding hydrogens is 372 g/mol. The Morgan fingerprint density at radius 2 is 1.93 bits per heavy atom. The lowest BCUT2D eigenvalue weighted by molar-refractivity contribution is -0.181. The van der Waals surface area contributed by atoms with Crippen LogP contribution in [0.4, 0.5) is 0 Å². The molecule has 0 spiro atoms. The molecule has 164 valence electrons. The summed E-state index contributed by atoms with van der Waals surface area (Å²) in [5.41, 5.74) is 0.449. The second kappa shape index (κ2) is 8.38. The number of aliphatic hydroxyl groups is 1. The molecule has 1 saturated heterocycles. The lowest BCUT2D eigenvalue weighted by Crippen LogP contribution is -2.56. The average Bonchev–Trinajstić information content (AvgIpc) is 2.97. The minimum absolute atomic E-state index is 0.0444. The van der Waals surface area contributed by atoms with E-state index in [1.807, 2.05) is 6.92 Å². The summed E-state index contributed by atoms with van der Waals surface area (Å²) in [6, 6.07) is 0. The molecule has 0 amide bonds. The van der Waals surface area contributed by atoms with Crippen LogP contribution in [0.25, 0.3) is 0 Å². The quantitative estimate of drug-likeness (QED) is 0.569. The molecule has 0 radical (unpaired) electrons. The number of rotatable bonds is 3. The second-order valence-corrected chi connectivity index (χ2v) is 9.73. The summed E-state index contributed by atoms with van der Waals surface area (Å²) >= 11 is 0. The Bertz CT molecular complexity index is 670. The fourth-order valence-electron chi connectivity index (χ4n) is 5.97. The minimum atomic E-state index is -0.763. The Morgan fingerprint density at radius 3 is 2.52 bits per heavy atom. The molecule has 1 aliphatic carbocycles. The summed E-state index contributed by atoms with van der Waals surface area (Å²) in [5, 5.41) is 10.9. The molecule has 6 nitrogen and oxygen atoms in total. The van der Waals surface area contributed by atoms with Gasteiger partial charge in [0.05, 0.1) is 12.2 Å². The Balaban J connectivity index is 2.09. The molecule has 0 aromatic carbocycles. The first kappa shape index (κ1) is 22.3. The summed E-state index contributed by atoms with van der Waals surface area (Å²) in [7, 11) is 0. The van der Waals surface area contributed by atoms with E-state index in [9.17, 15) is 14.7 Å². The van der Waals surface area contributed by atoms with Crippen molar-refractivity contribution in [2.75, 3.05) is 0 Å². The van der Waals surface area contributed by atoms with Crippen molar-refractivity contribution >= 4 is 11.9 Å². The van der Waals surface area contributed by atoms with Crippen molar-refractivity contribution in [3.05, 3.63) is 11.6 Å². The number of carbonyl (C=O) groups excluding carboxylic acids is 2. The van der Waals surface area contributed by atoms with Crippen molar-refractivity contribution in [2.24, 2.45) is 23.7 Å². The number of fused-ring (bicyclic) bond motifs is 5. The van der Waals surface area contributed by atoms with Gasteiger partial charge in [0, 0.05) is 25.7 Å². The van der Waals surface area contributed by atoms with Crippen LogP contribution in [0, 0.1) is 23.7 Å². The van der Waals surface area contributed by atoms with E-state index in [-0.39, 0.29) is 41.9 Å². The number of aliphatic hydroxyl groups excluding tert-OH is 1. The monoisotopic (exact) mass is 408 g/mol. The topological polar surface area (TPSA) is 82.1 Å². The van der Waals surface area contributed by atoms with Gasteiger partial charge in [0.2, 0.25) is 0 Å². The third-order valence-corrected chi connectivity index (χ3v) is 7.11. The van der Waals surface area contributed by atoms with Crippen LogP contribution in [-0.2, 0) is 23.8 Å². The Kier molecular flexibility index (Phi) is 6.44. The molecule has 0 aromatic heterocycles. The second-order valence-electron chi connectivity index (χ2n) is 9.73. The molecule has 1 N–H and O–H groups in total. The largest absolute Gasteiger partial charge is 0.459 e. The molecule has 2 aliphatic heterocycles. The third kappa shape index (κ3) is 4.38. The Hall–Kier alpha value is -1.40. The van der Waals surface area contributed by atoms with E-state index in [4.69, 9.17) is 14.2 Å². The van der Waals surface area contributed by atoms with E-state index in [1.165, 1.54) is 19.4 Å². The van der Waals surface area contributed by atoms with Crippen LogP contribution in [0.15, 0.2) is 11.6 Å². The van der Waals surface area contributed by atoms with Gasteiger partial charge in [-0.15, -0.1) is 0 Å². The number of carbonyl (C=O) groups is 2. The van der Waals surface area contributed by atoms with Crippen molar-refractivity contribution in [2.45, 2.75) is 97.2 Å². The van der Waals surface area contributed by atoms with Gasteiger partial charge in [-0.25, -0.2) is 0 Å². The molecule has 1 saturated carbocycles. The molecule has 6 heteroatoms. The summed E-state index contributed by atoms with van der Waals surface area (Å²) < 4.78 is 18.2. The molecule has 2 bridgehead atoms. The lowest BCUT2D eigenvalue weighted by atomic mass is 9.60. The maximum absolute atomic E-state index is 12.0. The van der Waals surface area contributed by atoms with Crippen molar-refractivity contribution in [1.82, 2.24) is 0 Å². The van der Waals surface area contributed by atoms with E-state index in [1.54, 1.807) is 0 Å². The van der Waals surface area contributed by atoms with Crippen LogP contribution in [-0.4, -0.2) is 47.1 Å². The molecule has 8 atom stereocenters. The van der Waals surface area contributed by atoms with Gasteiger partial charge in [0.1, 0.15) is 17.8 Å². The minimum Gasteiger partial charge on any atom is -0.459 e. The van der Waals surface area contributed by atoms with Crippen molar-refractivity contribution < 1.29 is 28.9 Å². The number of hydrogen-bond donors (Lipinski definition) is 1. The van der Waals surface area contributed by atoms with E-state index in [0.717, 1.165) is 12.8 Å². The maximum Gasteiger partial charge on any atom is 0.303 e. The van der Waals surface area contributed by atoms with Crippen LogP contribution in [0.1, 0.15) is 67.2 Å². The lowest BCUT2D eigenvalue weighted by Gasteiger charge is -2.47. The van der Waals surface area contributed by atoms with E-state index < -0.39 is 17.8 Å². The van der Waals surface area contributed by atoms with Gasteiger partial charge in [0.25, 0.3) is 0 Å². The highest BCUT2D eigenvalue weighted by Crippen LogP contribution is 2.54. The summed E-state index contributed by atoms with van der Waals surface area (Å²) in [4.78, 5) is 23.8. The normalized spacial score (nSPS) is 44.0. The first-order valence-electron chi connectivity index (χ1n) is 10.9. The van der Waals surface area contributed by atoms with Gasteiger partial charge in [-0.2, -0.15) is 0 Å². The zero-order valence-electron chi connectivity index (χ0n) is 18.5. The van der Waals surface area contributed by atoms with Gasteiger partial charge in [0.15, 0.2) is 0 Å². The standard InChI is InChI=1S/C23H36O6/c1-12(2)16-11-17(26)21(27-14(4)24)20-18-10-13(3)8-7-9-23(6,29-15(5)25)22(28-18)19(16)20/h8,12,16-22,26H,7,9-11H2,1-6H3/b13-8-/t16-,17+,18-,19-,20-,21-,22-,23-/m1/s1. The highest BCUT2D eigenvalue weighted by atomic mass is 16.6. The zero-order valence-corrected chi connectivity index (χ0v) is 18.5. The summed E-state index contributed by atoms with van der Waals surface area (Å²) in [6.07, 6.45) is 3.16. The molecular formula is C23H36O6. The molecule has 2 heterocycles. The Morgan fingerprint density at radius 1 is 1.24 bits per heavy atom. The van der Waals surface area contributed by atoms with Crippen LogP contribution >= 0.6 is 0 Å². The van der Waals surface area contributed by atoms with Crippen molar-refractivity contribution in [1.29, 1.82) is 0 Å². The van der Waals surface area contributed by atoms with Crippen LogP contribution in [0.5, 0.6) is 0 Å². The molecule has 2 fully saturated rings. The molecule has 0 unspecified atom stereocenters. The van der Waals surface area contributed by atoms with Crippen LogP contribution in [0.2, 0.25) is 0 Å². The number of hydrogen-bond acceptors (Lipinski definition) is 6. The molecule has 3 aliphatic rings. The van der Waals surface area contributed by atoms with Crippen molar-refractivity contribution in [3.63, 3.8) is 0 Å². The summed E-state index contributed by atoms with van der Waals surface area (Å²) in [6.45, 7) is 11.2. The van der Waals surface area contributed by atoms with Gasteiger partial charge in [-0.1, -0.05) is 25.5 Å². The highest BCUT2D eigenvalue weighted by molar-refractivity contribution is 5.67. The van der Waals surface area contributed by atoms with Crippen LogP contribution < -0.4 is 0 Å². The molecule has 0 aromatic rings. The fourth-order valence-corrected chi connectivity index (χ4v) is 5.97. The van der Waals surface area contributed by atoms with E-state index in [0.29, 0.717) is 18.8 Å². The van der Waals surface area contributed by atoms with Gasteiger partial charge < -0.3 is 19.3 Å². The summed E-state index contributed by atoms with van der Waals surface area (Å²) in [5.74, 6) is -0.277. The molecule has 29 heavy (non-hydrogen) atoms. The maximum atomic E-state index is 12.0. The predicted molar refractivity (Wildman–Crippen MR) is 108 cm³/mol. The van der Waals surface area contributed by atoms with Gasteiger partial charge >= 0.3 is 11.9 Å². The number of esters is 2. The number of allylic oxidation sites excluding steroid dienone is 1. The van der Waals surface area contributed by atoms with Crippen molar-refractivity contribution in [3.8, 4) is 0 Å². The SMILES string of the molecule is CC(=O)O[C@H]1[C@H]2[C@@H]([C@@H](C(C)C)C[C@@H]1O)[C@H]1O[C@@H]2C/C(C)=C\CC[C@@]1(C)OC(C)=O. The predicted octanol–water partition coefficient (Wildman–Crippen LogP) is 3.41. The van der Waals surface area contributed by atoms with E-state index >= 15 is 0 Å². The average molecular weight is 409 g/mol. The fraction of sp³-hybridized carbons (Fsp3) is 0.826. The van der Waals surface area contributed by atoms with Gasteiger partial charge in [-0.05, 0) is 51.4 Å². The Labute approximate surface area is 174 Å². The number of ether oxygens (including phenoxy) is 3. The third-order valence-electron chi connectivity index (χ3n) is 7.11. The zero-order chi connectivity index (χ0) is 21.5. The smallest absolute Gasteiger partial charge is 0.303 e.